The van der Waals surface area contributed by atoms with Gasteiger partial charge in [0.25, 0.3) is 0 Å². The van der Waals surface area contributed by atoms with Crippen molar-refractivity contribution >= 4 is 0 Å². The second-order valence-corrected chi connectivity index (χ2v) is 6.21. The molecule has 0 saturated carbocycles. The molecule has 1 N–H and O–H groups in total. The summed E-state index contributed by atoms with van der Waals surface area (Å²) in [5.41, 5.74) is 2.39. The predicted molar refractivity (Wildman–Crippen MR) is 81.7 cm³/mol. The van der Waals surface area contributed by atoms with Crippen LogP contribution in [0.1, 0.15) is 30.4 Å². The molecule has 21 heavy (non-hydrogen) atoms. The van der Waals surface area contributed by atoms with Gasteiger partial charge in [-0.1, -0.05) is 17.7 Å². The van der Waals surface area contributed by atoms with E-state index in [4.69, 9.17) is 14.2 Å². The average Bonchev–Trinajstić information content (AvgIpc) is 2.90. The molecule has 0 radical (unpaired) electrons. The lowest BCUT2D eigenvalue weighted by atomic mass is 9.91. The molecule has 2 aliphatic rings. The first-order valence-corrected chi connectivity index (χ1v) is 7.83. The van der Waals surface area contributed by atoms with Crippen molar-refractivity contribution < 1.29 is 14.2 Å². The van der Waals surface area contributed by atoms with E-state index >= 15 is 0 Å². The largest absolute Gasteiger partial charge is 0.490 e. The molecule has 2 heterocycles. The van der Waals surface area contributed by atoms with E-state index in [0.29, 0.717) is 6.61 Å². The van der Waals surface area contributed by atoms with E-state index in [0.717, 1.165) is 44.8 Å². The highest BCUT2D eigenvalue weighted by atomic mass is 16.6. The number of hydrogen-bond donors (Lipinski definition) is 1. The van der Waals surface area contributed by atoms with Gasteiger partial charge in [-0.25, -0.2) is 0 Å². The van der Waals surface area contributed by atoms with Crippen LogP contribution in [-0.4, -0.2) is 38.6 Å². The van der Waals surface area contributed by atoms with E-state index in [-0.39, 0.29) is 11.7 Å². The number of rotatable bonds is 4. The topological polar surface area (TPSA) is 39.7 Å². The summed E-state index contributed by atoms with van der Waals surface area (Å²) in [5, 5.41) is 3.21. The van der Waals surface area contributed by atoms with Gasteiger partial charge in [0.05, 0.1) is 18.8 Å². The highest BCUT2D eigenvalue weighted by Crippen LogP contribution is 2.35. The van der Waals surface area contributed by atoms with Gasteiger partial charge in [0.1, 0.15) is 11.9 Å². The predicted octanol–water partition coefficient (Wildman–Crippen LogP) is 2.43. The van der Waals surface area contributed by atoms with Crippen LogP contribution in [-0.2, 0) is 16.0 Å². The molecular formula is C17H25NO3. The van der Waals surface area contributed by atoms with Crippen LogP contribution in [0, 0.1) is 6.92 Å². The summed E-state index contributed by atoms with van der Waals surface area (Å²) in [6.45, 7) is 5.23. The Balaban J connectivity index is 1.71. The van der Waals surface area contributed by atoms with E-state index in [1.54, 1.807) is 0 Å². The Labute approximate surface area is 126 Å². The maximum absolute atomic E-state index is 6.31. The zero-order chi connectivity index (χ0) is 14.7. The second-order valence-electron chi connectivity index (χ2n) is 6.21. The standard InChI is InChI=1S/C17H25NO3/c1-13-3-4-16(14(9-13)11-18-2)21-15-5-7-20-17(10-15)6-8-19-12-17/h3-4,9,15,18H,5-8,10-12H2,1-2H3. The average molecular weight is 291 g/mol. The SMILES string of the molecule is CNCc1cc(C)ccc1OC1CCOC2(CCOC2)C1. The van der Waals surface area contributed by atoms with Crippen LogP contribution in [0.3, 0.4) is 0 Å². The molecule has 2 aliphatic heterocycles. The van der Waals surface area contributed by atoms with Crippen LogP contribution in [0.4, 0.5) is 0 Å². The molecule has 2 fully saturated rings. The third-order valence-electron chi connectivity index (χ3n) is 4.39. The molecule has 4 heteroatoms. The first-order chi connectivity index (χ1) is 10.2. The summed E-state index contributed by atoms with van der Waals surface area (Å²) in [6.07, 6.45) is 3.09. The molecule has 0 amide bonds. The molecule has 1 aromatic carbocycles. The summed E-state index contributed by atoms with van der Waals surface area (Å²) in [6, 6.07) is 6.40. The molecule has 3 rings (SSSR count). The lowest BCUT2D eigenvalue weighted by Gasteiger charge is -2.37. The quantitative estimate of drug-likeness (QED) is 0.925. The lowest BCUT2D eigenvalue weighted by Crippen LogP contribution is -2.44. The Kier molecular flexibility index (Phi) is 4.48. The monoisotopic (exact) mass is 291 g/mol. The third-order valence-corrected chi connectivity index (χ3v) is 4.39. The Hall–Kier alpha value is -1.10. The van der Waals surface area contributed by atoms with Gasteiger partial charge in [0, 0.05) is 38.0 Å². The fourth-order valence-electron chi connectivity index (χ4n) is 3.28. The van der Waals surface area contributed by atoms with E-state index < -0.39 is 0 Å². The Morgan fingerprint density at radius 2 is 2.29 bits per heavy atom. The van der Waals surface area contributed by atoms with Crippen molar-refractivity contribution in [1.82, 2.24) is 5.32 Å². The van der Waals surface area contributed by atoms with E-state index in [9.17, 15) is 0 Å². The van der Waals surface area contributed by atoms with Crippen molar-refractivity contribution in [3.8, 4) is 5.75 Å². The fourth-order valence-corrected chi connectivity index (χ4v) is 3.28. The summed E-state index contributed by atoms with van der Waals surface area (Å²) in [4.78, 5) is 0. The number of benzene rings is 1. The van der Waals surface area contributed by atoms with E-state index in [2.05, 4.69) is 30.4 Å². The molecule has 0 bridgehead atoms. The van der Waals surface area contributed by atoms with Crippen molar-refractivity contribution in [2.75, 3.05) is 26.9 Å². The minimum atomic E-state index is -0.100. The molecule has 2 atom stereocenters. The molecule has 1 spiro atoms. The van der Waals surface area contributed by atoms with Crippen LogP contribution < -0.4 is 10.1 Å². The summed E-state index contributed by atoms with van der Waals surface area (Å²) < 4.78 is 17.8. The zero-order valence-corrected chi connectivity index (χ0v) is 13.0. The second kappa shape index (κ2) is 6.34. The van der Waals surface area contributed by atoms with Gasteiger partial charge in [-0.3, -0.25) is 0 Å². The molecule has 116 valence electrons. The number of aryl methyl sites for hydroxylation is 1. The Bertz CT molecular complexity index is 483. The first-order valence-electron chi connectivity index (χ1n) is 7.83. The summed E-state index contributed by atoms with van der Waals surface area (Å²) in [5.74, 6) is 0.996. The van der Waals surface area contributed by atoms with Gasteiger partial charge in [-0.2, -0.15) is 0 Å². The molecule has 2 unspecified atom stereocenters. The van der Waals surface area contributed by atoms with Crippen molar-refractivity contribution in [1.29, 1.82) is 0 Å². The minimum Gasteiger partial charge on any atom is -0.490 e. The van der Waals surface area contributed by atoms with Crippen molar-refractivity contribution in [3.63, 3.8) is 0 Å². The number of hydrogen-bond acceptors (Lipinski definition) is 4. The van der Waals surface area contributed by atoms with Gasteiger partial charge < -0.3 is 19.5 Å². The van der Waals surface area contributed by atoms with Crippen molar-refractivity contribution in [3.05, 3.63) is 29.3 Å². The fraction of sp³-hybridized carbons (Fsp3) is 0.647. The van der Waals surface area contributed by atoms with Gasteiger partial charge in [-0.05, 0) is 20.0 Å². The van der Waals surface area contributed by atoms with Crippen LogP contribution >= 0.6 is 0 Å². The molecule has 0 aromatic heterocycles. The summed E-state index contributed by atoms with van der Waals surface area (Å²) >= 11 is 0. The molecule has 1 aromatic rings. The number of ether oxygens (including phenoxy) is 3. The zero-order valence-electron chi connectivity index (χ0n) is 13.0. The smallest absolute Gasteiger partial charge is 0.124 e. The molecule has 2 saturated heterocycles. The van der Waals surface area contributed by atoms with Crippen LogP contribution in [0.2, 0.25) is 0 Å². The number of nitrogens with one attached hydrogen (secondary N) is 1. The van der Waals surface area contributed by atoms with E-state index in [1.165, 1.54) is 11.1 Å². The van der Waals surface area contributed by atoms with Gasteiger partial charge in [0.15, 0.2) is 0 Å². The molecular weight excluding hydrogens is 266 g/mol. The maximum Gasteiger partial charge on any atom is 0.124 e. The minimum absolute atomic E-state index is 0.100. The third kappa shape index (κ3) is 3.39. The van der Waals surface area contributed by atoms with Gasteiger partial charge in [-0.15, -0.1) is 0 Å². The highest BCUT2D eigenvalue weighted by Gasteiger charge is 2.41. The normalized spacial score (nSPS) is 29.0. The van der Waals surface area contributed by atoms with Crippen LogP contribution in [0.5, 0.6) is 5.75 Å². The lowest BCUT2D eigenvalue weighted by molar-refractivity contribution is -0.112. The maximum atomic E-state index is 6.31. The van der Waals surface area contributed by atoms with Crippen molar-refractivity contribution in [2.24, 2.45) is 0 Å². The molecule has 0 aliphatic carbocycles. The van der Waals surface area contributed by atoms with Crippen LogP contribution in [0.15, 0.2) is 18.2 Å². The van der Waals surface area contributed by atoms with Crippen LogP contribution in [0.25, 0.3) is 0 Å². The highest BCUT2D eigenvalue weighted by molar-refractivity contribution is 5.37. The van der Waals surface area contributed by atoms with E-state index in [1.807, 2.05) is 7.05 Å². The Morgan fingerprint density at radius 1 is 1.38 bits per heavy atom. The Morgan fingerprint density at radius 3 is 3.05 bits per heavy atom. The molecule has 4 nitrogen and oxygen atoms in total. The van der Waals surface area contributed by atoms with Gasteiger partial charge >= 0.3 is 0 Å². The van der Waals surface area contributed by atoms with Gasteiger partial charge in [0.2, 0.25) is 0 Å². The summed E-state index contributed by atoms with van der Waals surface area (Å²) in [7, 11) is 1.96. The first kappa shape index (κ1) is 14.8. The van der Waals surface area contributed by atoms with Crippen molar-refractivity contribution in [2.45, 2.75) is 44.4 Å².